The lowest BCUT2D eigenvalue weighted by molar-refractivity contribution is -0.139. The molecule has 108 valence electrons. The van der Waals surface area contributed by atoms with Gasteiger partial charge in [-0.25, -0.2) is 13.1 Å². The second kappa shape index (κ2) is 7.06. The molecule has 0 aromatic carbocycles. The predicted molar refractivity (Wildman–Crippen MR) is 68.5 cm³/mol. The fourth-order valence-corrected chi connectivity index (χ4v) is 2.80. The van der Waals surface area contributed by atoms with E-state index in [9.17, 15) is 13.2 Å². The Morgan fingerprint density at radius 1 is 1.39 bits per heavy atom. The minimum absolute atomic E-state index is 0.121. The van der Waals surface area contributed by atoms with E-state index in [4.69, 9.17) is 5.11 Å². The van der Waals surface area contributed by atoms with Crippen LogP contribution in [0.3, 0.4) is 0 Å². The van der Waals surface area contributed by atoms with Crippen LogP contribution in [0.4, 0.5) is 0 Å². The van der Waals surface area contributed by atoms with Crippen LogP contribution in [0.15, 0.2) is 0 Å². The summed E-state index contributed by atoms with van der Waals surface area (Å²) in [6, 6.07) is -0.429. The van der Waals surface area contributed by atoms with Crippen molar-refractivity contribution in [3.63, 3.8) is 0 Å². The van der Waals surface area contributed by atoms with Gasteiger partial charge in [0.05, 0.1) is 6.61 Å². The normalized spacial score (nSPS) is 14.3. The van der Waals surface area contributed by atoms with Crippen molar-refractivity contribution in [2.45, 2.75) is 40.2 Å². The van der Waals surface area contributed by atoms with Crippen molar-refractivity contribution < 1.29 is 23.1 Å². The highest BCUT2D eigenvalue weighted by atomic mass is 32.2. The molecule has 0 fully saturated rings. The minimum atomic E-state index is -3.74. The summed E-state index contributed by atoms with van der Waals surface area (Å²) in [6.45, 7) is 7.22. The summed E-state index contributed by atoms with van der Waals surface area (Å²) in [5.74, 6) is -1.47. The first-order valence-corrected chi connectivity index (χ1v) is 7.54. The molecule has 0 spiro atoms. The van der Waals surface area contributed by atoms with Gasteiger partial charge in [-0.1, -0.05) is 20.8 Å². The van der Waals surface area contributed by atoms with Crippen LogP contribution in [0, 0.1) is 5.41 Å². The van der Waals surface area contributed by atoms with Gasteiger partial charge in [0.15, 0.2) is 5.75 Å². The Bertz CT molecular complexity index is 358. The number of rotatable bonds is 7. The van der Waals surface area contributed by atoms with Crippen molar-refractivity contribution in [1.82, 2.24) is 4.72 Å². The van der Waals surface area contributed by atoms with Crippen molar-refractivity contribution in [1.29, 1.82) is 0 Å². The molecule has 0 saturated carbocycles. The first-order chi connectivity index (χ1) is 8.12. The first kappa shape index (κ1) is 17.3. The van der Waals surface area contributed by atoms with Crippen LogP contribution < -0.4 is 4.72 Å². The molecule has 0 bridgehead atoms. The Hall–Kier alpha value is -0.660. The molecule has 0 heterocycles. The van der Waals surface area contributed by atoms with Gasteiger partial charge in [0.25, 0.3) is 0 Å². The second-order valence-corrected chi connectivity index (χ2v) is 6.87. The van der Waals surface area contributed by atoms with E-state index < -0.39 is 27.8 Å². The highest BCUT2D eigenvalue weighted by Crippen LogP contribution is 2.22. The standard InChI is InChI=1S/C11H23NO5S/c1-5-17-10(14)8-18(15,16)12-9(6-7-13)11(2,3)4/h9,12-13H,5-8H2,1-4H3. The summed E-state index contributed by atoms with van der Waals surface area (Å²) in [5, 5.41) is 8.94. The molecule has 0 amide bonds. The van der Waals surface area contributed by atoms with Crippen LogP contribution in [0.25, 0.3) is 0 Å². The number of esters is 1. The van der Waals surface area contributed by atoms with Crippen LogP contribution in [0.1, 0.15) is 34.1 Å². The SMILES string of the molecule is CCOC(=O)CS(=O)(=O)NC(CCO)C(C)(C)C. The smallest absolute Gasteiger partial charge is 0.322 e. The number of carbonyl (C=O) groups excluding carboxylic acids is 1. The third-order valence-corrected chi connectivity index (χ3v) is 3.66. The molecule has 6 nitrogen and oxygen atoms in total. The third-order valence-electron chi connectivity index (χ3n) is 2.40. The molecule has 7 heteroatoms. The topological polar surface area (TPSA) is 92.7 Å². The highest BCUT2D eigenvalue weighted by Gasteiger charge is 2.29. The highest BCUT2D eigenvalue weighted by molar-refractivity contribution is 7.90. The molecule has 18 heavy (non-hydrogen) atoms. The van der Waals surface area contributed by atoms with Gasteiger partial charge in [0.1, 0.15) is 0 Å². The van der Waals surface area contributed by atoms with Crippen molar-refractivity contribution >= 4 is 16.0 Å². The lowest BCUT2D eigenvalue weighted by atomic mass is 9.86. The van der Waals surface area contributed by atoms with Gasteiger partial charge >= 0.3 is 5.97 Å². The first-order valence-electron chi connectivity index (χ1n) is 5.89. The van der Waals surface area contributed by atoms with E-state index in [2.05, 4.69) is 9.46 Å². The molecule has 0 aliphatic carbocycles. The number of ether oxygens (including phenoxy) is 1. The van der Waals surface area contributed by atoms with Crippen molar-refractivity contribution in [2.24, 2.45) is 5.41 Å². The molecule has 0 aliphatic rings. The minimum Gasteiger partial charge on any atom is -0.465 e. The van der Waals surface area contributed by atoms with Gasteiger partial charge in [0.2, 0.25) is 10.0 Å². The van der Waals surface area contributed by atoms with Crippen LogP contribution >= 0.6 is 0 Å². The molecular formula is C11H23NO5S. The molecule has 0 saturated heterocycles. The average molecular weight is 281 g/mol. The van der Waals surface area contributed by atoms with Gasteiger partial charge in [-0.05, 0) is 18.8 Å². The quantitative estimate of drug-likeness (QED) is 0.653. The van der Waals surface area contributed by atoms with Crippen molar-refractivity contribution in [3.05, 3.63) is 0 Å². The summed E-state index contributed by atoms with van der Waals surface area (Å²) in [6.07, 6.45) is 0.297. The average Bonchev–Trinajstić information content (AvgIpc) is 2.14. The molecule has 0 radical (unpaired) electrons. The van der Waals surface area contributed by atoms with Crippen molar-refractivity contribution in [2.75, 3.05) is 19.0 Å². The lowest BCUT2D eigenvalue weighted by Gasteiger charge is -2.30. The lowest BCUT2D eigenvalue weighted by Crippen LogP contribution is -2.46. The molecular weight excluding hydrogens is 258 g/mol. The van der Waals surface area contributed by atoms with E-state index in [1.54, 1.807) is 6.92 Å². The fraction of sp³-hybridized carbons (Fsp3) is 0.909. The number of sulfonamides is 1. The summed E-state index contributed by atoms with van der Waals surface area (Å²) in [7, 11) is -3.74. The van der Waals surface area contributed by atoms with Gasteiger partial charge in [-0.3, -0.25) is 4.79 Å². The Kier molecular flexibility index (Phi) is 6.80. The van der Waals surface area contributed by atoms with Crippen LogP contribution in [0.5, 0.6) is 0 Å². The molecule has 0 aromatic rings. The van der Waals surface area contributed by atoms with E-state index in [0.717, 1.165) is 0 Å². The molecule has 0 aliphatic heterocycles. The molecule has 0 rings (SSSR count). The van der Waals surface area contributed by atoms with Gasteiger partial charge in [-0.2, -0.15) is 0 Å². The maximum atomic E-state index is 11.8. The monoisotopic (exact) mass is 281 g/mol. The fourth-order valence-electron chi connectivity index (χ4n) is 1.41. The number of hydrogen-bond donors (Lipinski definition) is 2. The number of aliphatic hydroxyl groups is 1. The summed E-state index contributed by atoms with van der Waals surface area (Å²) >= 11 is 0. The Balaban J connectivity index is 4.66. The summed E-state index contributed by atoms with van der Waals surface area (Å²) in [5.41, 5.74) is -0.343. The van der Waals surface area contributed by atoms with Crippen LogP contribution in [-0.4, -0.2) is 44.5 Å². The van der Waals surface area contributed by atoms with Gasteiger partial charge in [-0.15, -0.1) is 0 Å². The van der Waals surface area contributed by atoms with Crippen molar-refractivity contribution in [3.8, 4) is 0 Å². The van der Waals surface area contributed by atoms with E-state index in [-0.39, 0.29) is 18.6 Å². The Labute approximate surface area is 109 Å². The zero-order valence-corrected chi connectivity index (χ0v) is 12.2. The largest absolute Gasteiger partial charge is 0.465 e. The Morgan fingerprint density at radius 3 is 2.33 bits per heavy atom. The van der Waals surface area contributed by atoms with E-state index >= 15 is 0 Å². The third kappa shape index (κ3) is 6.93. The van der Waals surface area contributed by atoms with E-state index in [0.29, 0.717) is 6.42 Å². The number of aliphatic hydroxyl groups excluding tert-OH is 1. The molecule has 1 atom stereocenters. The second-order valence-electron chi connectivity index (χ2n) is 5.11. The zero-order chi connectivity index (χ0) is 14.4. The van der Waals surface area contributed by atoms with Crippen LogP contribution in [-0.2, 0) is 19.6 Å². The van der Waals surface area contributed by atoms with Crippen LogP contribution in [0.2, 0.25) is 0 Å². The number of hydrogen-bond acceptors (Lipinski definition) is 5. The molecule has 2 N–H and O–H groups in total. The molecule has 0 aromatic heterocycles. The predicted octanol–water partition coefficient (Wildman–Crippen LogP) is 0.266. The maximum Gasteiger partial charge on any atom is 0.322 e. The molecule has 1 unspecified atom stereocenters. The van der Waals surface area contributed by atoms with E-state index in [1.807, 2.05) is 20.8 Å². The van der Waals surface area contributed by atoms with Gasteiger partial charge < -0.3 is 9.84 Å². The maximum absolute atomic E-state index is 11.8. The summed E-state index contributed by atoms with van der Waals surface area (Å²) in [4.78, 5) is 11.2. The Morgan fingerprint density at radius 2 is 1.94 bits per heavy atom. The zero-order valence-electron chi connectivity index (χ0n) is 11.4. The number of carbonyl (C=O) groups is 1. The number of nitrogens with one attached hydrogen (secondary N) is 1. The summed E-state index contributed by atoms with van der Waals surface area (Å²) < 4.78 is 30.5. The van der Waals surface area contributed by atoms with Gasteiger partial charge in [0, 0.05) is 12.6 Å². The van der Waals surface area contributed by atoms with E-state index in [1.165, 1.54) is 0 Å².